The number of ether oxygens (including phenoxy) is 1. The molecule has 7 heteroatoms. The van der Waals surface area contributed by atoms with Crippen molar-refractivity contribution in [3.05, 3.63) is 71.6 Å². The van der Waals surface area contributed by atoms with Gasteiger partial charge in [0, 0.05) is 17.5 Å². The van der Waals surface area contributed by atoms with E-state index in [1.807, 2.05) is 31.2 Å². The minimum Gasteiger partial charge on any atom is -0.447 e. The maximum Gasteiger partial charge on any atom is 0.307 e. The Morgan fingerprint density at radius 2 is 1.78 bits per heavy atom. The van der Waals surface area contributed by atoms with Gasteiger partial charge >= 0.3 is 5.97 Å². The summed E-state index contributed by atoms with van der Waals surface area (Å²) >= 11 is 0. The predicted molar refractivity (Wildman–Crippen MR) is 97.3 cm³/mol. The topological polar surface area (TPSA) is 108 Å². The van der Waals surface area contributed by atoms with E-state index in [1.54, 1.807) is 30.3 Å². The number of carbonyl (C=O) groups is 2. The highest BCUT2D eigenvalue weighted by Gasteiger charge is 2.22. The molecule has 0 fully saturated rings. The Morgan fingerprint density at radius 1 is 1.07 bits per heavy atom. The quantitative estimate of drug-likeness (QED) is 0.645. The molecule has 1 atom stereocenters. The number of amides is 1. The number of primary amides is 1. The second-order valence-corrected chi connectivity index (χ2v) is 6.05. The molecular weight excluding hydrogens is 346 g/mol. The fraction of sp³-hybridized carbons (Fsp3) is 0.200. The van der Waals surface area contributed by atoms with Crippen LogP contribution in [-0.4, -0.2) is 22.1 Å². The smallest absolute Gasteiger partial charge is 0.307 e. The van der Waals surface area contributed by atoms with Crippen molar-refractivity contribution in [2.45, 2.75) is 25.9 Å². The van der Waals surface area contributed by atoms with Crippen molar-refractivity contribution >= 4 is 11.9 Å². The Hall–Kier alpha value is -3.48. The molecule has 0 aliphatic rings. The molecule has 0 aliphatic carbocycles. The van der Waals surface area contributed by atoms with Crippen LogP contribution in [0.4, 0.5) is 0 Å². The first kappa shape index (κ1) is 18.3. The average Bonchev–Trinajstić information content (AvgIpc) is 3.14. The highest BCUT2D eigenvalue weighted by molar-refractivity contribution is 5.83. The Labute approximate surface area is 156 Å². The molecule has 2 N–H and O–H groups in total. The lowest BCUT2D eigenvalue weighted by Crippen LogP contribution is -2.26. The fourth-order valence-electron chi connectivity index (χ4n) is 2.49. The minimum atomic E-state index is -1.12. The standard InChI is InChI=1S/C20H19N3O4/c1-13-7-9-15(10-8-13)20-23-22-16(26-20)11-12-17(24)27-18(19(21)25)14-5-3-2-4-6-14/h2-10,18H,11-12H2,1H3,(H2,21,25)/t18-/m0/s1. The van der Waals surface area contributed by atoms with Crippen LogP contribution in [0.15, 0.2) is 59.0 Å². The van der Waals surface area contributed by atoms with Gasteiger partial charge in [0.15, 0.2) is 0 Å². The van der Waals surface area contributed by atoms with Gasteiger partial charge in [-0.25, -0.2) is 0 Å². The molecule has 1 heterocycles. The largest absolute Gasteiger partial charge is 0.447 e. The number of hydrogen-bond donors (Lipinski definition) is 1. The van der Waals surface area contributed by atoms with Gasteiger partial charge in [-0.05, 0) is 19.1 Å². The molecule has 1 aromatic heterocycles. The van der Waals surface area contributed by atoms with Crippen molar-refractivity contribution in [1.29, 1.82) is 0 Å². The lowest BCUT2D eigenvalue weighted by molar-refractivity contribution is -0.155. The first-order chi connectivity index (χ1) is 13.0. The van der Waals surface area contributed by atoms with Crippen LogP contribution in [0.3, 0.4) is 0 Å². The highest BCUT2D eigenvalue weighted by atomic mass is 16.5. The third-order valence-electron chi connectivity index (χ3n) is 3.92. The summed E-state index contributed by atoms with van der Waals surface area (Å²) in [4.78, 5) is 23.7. The lowest BCUT2D eigenvalue weighted by Gasteiger charge is -2.14. The van der Waals surface area contributed by atoms with Gasteiger partial charge in [-0.15, -0.1) is 10.2 Å². The molecular formula is C20H19N3O4. The van der Waals surface area contributed by atoms with E-state index < -0.39 is 18.0 Å². The molecule has 27 heavy (non-hydrogen) atoms. The molecule has 0 radical (unpaired) electrons. The number of carbonyl (C=O) groups excluding carboxylic acids is 2. The second-order valence-electron chi connectivity index (χ2n) is 6.05. The molecule has 3 rings (SSSR count). The summed E-state index contributed by atoms with van der Waals surface area (Å²) in [5.74, 6) is -0.595. The molecule has 138 valence electrons. The van der Waals surface area contributed by atoms with Crippen molar-refractivity contribution in [2.24, 2.45) is 5.73 Å². The van der Waals surface area contributed by atoms with Crippen molar-refractivity contribution in [2.75, 3.05) is 0 Å². The number of aromatic nitrogens is 2. The van der Waals surface area contributed by atoms with E-state index in [1.165, 1.54) is 0 Å². The first-order valence-corrected chi connectivity index (χ1v) is 8.46. The number of benzene rings is 2. The van der Waals surface area contributed by atoms with E-state index in [4.69, 9.17) is 14.9 Å². The van der Waals surface area contributed by atoms with E-state index in [2.05, 4.69) is 10.2 Å². The first-order valence-electron chi connectivity index (χ1n) is 8.46. The molecule has 0 unspecified atom stereocenters. The van der Waals surface area contributed by atoms with E-state index in [0.29, 0.717) is 17.3 Å². The normalized spacial score (nSPS) is 11.7. The van der Waals surface area contributed by atoms with Crippen molar-refractivity contribution in [1.82, 2.24) is 10.2 Å². The predicted octanol–water partition coefficient (Wildman–Crippen LogP) is 2.75. The van der Waals surface area contributed by atoms with Crippen LogP contribution < -0.4 is 5.73 Å². The van der Waals surface area contributed by atoms with E-state index in [-0.39, 0.29) is 12.8 Å². The van der Waals surface area contributed by atoms with Crippen molar-refractivity contribution < 1.29 is 18.7 Å². The van der Waals surface area contributed by atoms with Crippen LogP contribution in [-0.2, 0) is 20.7 Å². The summed E-state index contributed by atoms with van der Waals surface area (Å²) in [6, 6.07) is 16.3. The molecule has 2 aromatic carbocycles. The Kier molecular flexibility index (Phi) is 5.61. The fourth-order valence-corrected chi connectivity index (χ4v) is 2.49. The zero-order valence-corrected chi connectivity index (χ0v) is 14.8. The number of nitrogens with two attached hydrogens (primary N) is 1. The molecule has 0 aliphatic heterocycles. The second kappa shape index (κ2) is 8.27. The third-order valence-corrected chi connectivity index (χ3v) is 3.92. The Bertz CT molecular complexity index is 920. The molecule has 0 saturated heterocycles. The molecule has 7 nitrogen and oxygen atoms in total. The molecule has 3 aromatic rings. The maximum atomic E-state index is 12.1. The minimum absolute atomic E-state index is 0.00779. The van der Waals surface area contributed by atoms with Crippen LogP contribution in [0.5, 0.6) is 0 Å². The van der Waals surface area contributed by atoms with Gasteiger partial charge in [-0.1, -0.05) is 48.0 Å². The summed E-state index contributed by atoms with van der Waals surface area (Å²) in [6.45, 7) is 1.99. The SMILES string of the molecule is Cc1ccc(-c2nnc(CCC(=O)O[C@H](C(N)=O)c3ccccc3)o2)cc1. The van der Waals surface area contributed by atoms with Gasteiger partial charge < -0.3 is 14.9 Å². The Balaban J connectivity index is 1.59. The van der Waals surface area contributed by atoms with Gasteiger partial charge in [0.2, 0.25) is 17.9 Å². The van der Waals surface area contributed by atoms with Gasteiger partial charge in [0.05, 0.1) is 6.42 Å². The van der Waals surface area contributed by atoms with Crippen LogP contribution in [0.1, 0.15) is 29.5 Å². The van der Waals surface area contributed by atoms with Crippen LogP contribution in [0, 0.1) is 6.92 Å². The summed E-state index contributed by atoms with van der Waals surface area (Å²) in [7, 11) is 0. The van der Waals surface area contributed by atoms with Gasteiger partial charge in [-0.2, -0.15) is 0 Å². The molecule has 0 spiro atoms. The average molecular weight is 365 g/mol. The van der Waals surface area contributed by atoms with E-state index in [9.17, 15) is 9.59 Å². The number of aryl methyl sites for hydroxylation is 2. The van der Waals surface area contributed by atoms with Gasteiger partial charge in [0.25, 0.3) is 5.91 Å². The zero-order valence-electron chi connectivity index (χ0n) is 14.8. The van der Waals surface area contributed by atoms with Crippen molar-refractivity contribution in [3.63, 3.8) is 0 Å². The maximum absolute atomic E-state index is 12.1. The van der Waals surface area contributed by atoms with Gasteiger partial charge in [-0.3, -0.25) is 9.59 Å². The number of esters is 1. The highest BCUT2D eigenvalue weighted by Crippen LogP contribution is 2.20. The van der Waals surface area contributed by atoms with E-state index in [0.717, 1.165) is 11.1 Å². The molecule has 1 amide bonds. The van der Waals surface area contributed by atoms with Crippen LogP contribution in [0.2, 0.25) is 0 Å². The molecule has 0 saturated carbocycles. The monoisotopic (exact) mass is 365 g/mol. The van der Waals surface area contributed by atoms with E-state index >= 15 is 0 Å². The number of nitrogens with zero attached hydrogens (tertiary/aromatic N) is 2. The molecule has 0 bridgehead atoms. The van der Waals surface area contributed by atoms with Crippen LogP contribution >= 0.6 is 0 Å². The zero-order chi connectivity index (χ0) is 19.2. The Morgan fingerprint density at radius 3 is 2.44 bits per heavy atom. The number of rotatable bonds is 7. The summed E-state index contributed by atoms with van der Waals surface area (Å²) in [5, 5.41) is 7.93. The van der Waals surface area contributed by atoms with Crippen LogP contribution in [0.25, 0.3) is 11.5 Å². The summed E-state index contributed by atoms with van der Waals surface area (Å²) < 4.78 is 10.8. The van der Waals surface area contributed by atoms with Gasteiger partial charge in [0.1, 0.15) is 0 Å². The third kappa shape index (κ3) is 4.78. The summed E-state index contributed by atoms with van der Waals surface area (Å²) in [5.41, 5.74) is 7.81. The lowest BCUT2D eigenvalue weighted by atomic mass is 10.1. The summed E-state index contributed by atoms with van der Waals surface area (Å²) in [6.07, 6.45) is -0.922. The van der Waals surface area contributed by atoms with Crippen molar-refractivity contribution in [3.8, 4) is 11.5 Å². The number of hydrogen-bond acceptors (Lipinski definition) is 6.